The maximum atomic E-state index is 15.2. The van der Waals surface area contributed by atoms with Gasteiger partial charge in [0.1, 0.15) is 23.3 Å². The first-order valence-electron chi connectivity index (χ1n) is 21.3. The monoisotopic (exact) mass is 1030 g/mol. The van der Waals surface area contributed by atoms with Crippen molar-refractivity contribution in [2.45, 2.75) is 131 Å². The fourth-order valence-electron chi connectivity index (χ4n) is 6.71. The van der Waals surface area contributed by atoms with Crippen molar-refractivity contribution in [2.24, 2.45) is 0 Å². The predicted molar refractivity (Wildman–Crippen MR) is 261 cm³/mol. The highest BCUT2D eigenvalue weighted by Gasteiger charge is 2.30. The van der Waals surface area contributed by atoms with Crippen LogP contribution in [0.1, 0.15) is 125 Å². The molecule has 66 heavy (non-hydrogen) atoms. The van der Waals surface area contributed by atoms with Gasteiger partial charge in [-0.15, -0.1) is 0 Å². The Morgan fingerprint density at radius 3 is 1.35 bits per heavy atom. The second-order valence-corrected chi connectivity index (χ2v) is 22.6. The van der Waals surface area contributed by atoms with Crippen LogP contribution in [0, 0.1) is 64.8 Å². The summed E-state index contributed by atoms with van der Waals surface area (Å²) in [5.41, 5.74) is 5.82. The van der Waals surface area contributed by atoms with Crippen LogP contribution >= 0.6 is 15.9 Å². The molecular formula is C48H64BBrF4N2O8S2. The number of ether oxygens (including phenoxy) is 2. The van der Waals surface area contributed by atoms with E-state index in [-0.39, 0.29) is 43.3 Å². The first-order valence-corrected chi connectivity index (χ1v) is 24.3. The van der Waals surface area contributed by atoms with Crippen LogP contribution < -0.4 is 14.9 Å². The van der Waals surface area contributed by atoms with E-state index in [1.807, 2.05) is 0 Å². The number of carbonyl (C=O) groups excluding carboxylic acids is 2. The highest BCUT2D eigenvalue weighted by Crippen LogP contribution is 2.35. The zero-order valence-corrected chi connectivity index (χ0v) is 43.4. The van der Waals surface area contributed by atoms with Crippen molar-refractivity contribution in [3.05, 3.63) is 121 Å². The minimum absolute atomic E-state index is 0.0948. The Morgan fingerprint density at radius 1 is 0.621 bits per heavy atom. The van der Waals surface area contributed by atoms with E-state index in [9.17, 15) is 31.2 Å². The lowest BCUT2D eigenvalue weighted by molar-refractivity contribution is -0.144. The lowest BCUT2D eigenvalue weighted by Gasteiger charge is -2.25. The first-order chi connectivity index (χ1) is 30.4. The molecule has 0 bridgehead atoms. The molecule has 0 aromatic heterocycles. The third-order valence-electron chi connectivity index (χ3n) is 9.85. The maximum absolute atomic E-state index is 15.2. The minimum Gasteiger partial charge on any atom is -0.466 e. The van der Waals surface area contributed by atoms with Crippen molar-refractivity contribution in [2.75, 3.05) is 13.2 Å². The normalized spacial score (nSPS) is 13.3. The van der Waals surface area contributed by atoms with E-state index in [1.54, 1.807) is 121 Å². The number of nitrogens with one attached hydrogen (secondary N) is 2. The van der Waals surface area contributed by atoms with Crippen LogP contribution in [0.5, 0.6) is 0 Å². The van der Waals surface area contributed by atoms with Gasteiger partial charge in [0, 0.05) is 15.6 Å². The summed E-state index contributed by atoms with van der Waals surface area (Å²) < 4.78 is 96.7. The molecule has 0 radical (unpaired) electrons. The van der Waals surface area contributed by atoms with Crippen LogP contribution in [0.3, 0.4) is 0 Å². The molecule has 10 nitrogen and oxygen atoms in total. The van der Waals surface area contributed by atoms with E-state index in [2.05, 4.69) is 25.4 Å². The quantitative estimate of drug-likeness (QED) is 0.0554. The van der Waals surface area contributed by atoms with Gasteiger partial charge in [-0.25, -0.2) is 35.4 Å². The SMILES string of the molecule is CCOC(=O)C[C@H](N[S@](=O)C(C)(C)C)c1cc(-c2c(C)cc(F)cc2C)cc(C)c1F.CCOC(=O)C[C@H](N[S@](=O)C(C)(C)C)c1cc(Br)cc(C)c1F.Cc1cc(F)cc(C)c1B(O)O. The van der Waals surface area contributed by atoms with Gasteiger partial charge >= 0.3 is 19.1 Å². The Kier molecular flexibility index (Phi) is 22.6. The molecule has 0 unspecified atom stereocenters. The van der Waals surface area contributed by atoms with Gasteiger partial charge in [0.2, 0.25) is 0 Å². The molecule has 0 aliphatic heterocycles. The Morgan fingerprint density at radius 2 is 0.985 bits per heavy atom. The van der Waals surface area contributed by atoms with Crippen molar-refractivity contribution in [1.82, 2.24) is 9.44 Å². The minimum atomic E-state index is -1.54. The number of hydrogen-bond donors (Lipinski definition) is 4. The molecule has 4 aromatic rings. The van der Waals surface area contributed by atoms with Gasteiger partial charge in [-0.1, -0.05) is 15.9 Å². The van der Waals surface area contributed by atoms with Crippen molar-refractivity contribution in [1.29, 1.82) is 0 Å². The summed E-state index contributed by atoms with van der Waals surface area (Å²) in [5.74, 6) is -2.56. The van der Waals surface area contributed by atoms with Crippen LogP contribution in [0.4, 0.5) is 17.6 Å². The van der Waals surface area contributed by atoms with Gasteiger partial charge < -0.3 is 19.5 Å². The van der Waals surface area contributed by atoms with Gasteiger partial charge in [0.25, 0.3) is 0 Å². The first kappa shape index (κ1) is 58.4. The van der Waals surface area contributed by atoms with Crippen molar-refractivity contribution in [3.8, 4) is 11.1 Å². The Balaban J connectivity index is 0.000000373. The molecule has 0 saturated carbocycles. The fourth-order valence-corrected chi connectivity index (χ4v) is 8.94. The van der Waals surface area contributed by atoms with Crippen molar-refractivity contribution >= 4 is 62.4 Å². The summed E-state index contributed by atoms with van der Waals surface area (Å²) in [6.07, 6.45) is -0.265. The number of hydrogen-bond acceptors (Lipinski definition) is 8. The number of aryl methyl sites for hydroxylation is 6. The summed E-state index contributed by atoms with van der Waals surface area (Å²) in [6.45, 7) is 24.8. The molecule has 0 amide bonds. The molecule has 0 spiro atoms. The molecular weight excluding hydrogens is 963 g/mol. The van der Waals surface area contributed by atoms with E-state index >= 15 is 4.39 Å². The summed E-state index contributed by atoms with van der Waals surface area (Å²) in [4.78, 5) is 24.1. The Labute approximate surface area is 401 Å². The molecule has 0 aliphatic rings. The summed E-state index contributed by atoms with van der Waals surface area (Å²) in [5, 5.41) is 17.8. The lowest BCUT2D eigenvalue weighted by Crippen LogP contribution is -2.37. The van der Waals surface area contributed by atoms with E-state index in [1.165, 1.54) is 24.3 Å². The van der Waals surface area contributed by atoms with E-state index in [4.69, 9.17) is 19.5 Å². The second-order valence-electron chi connectivity index (χ2n) is 17.7. The van der Waals surface area contributed by atoms with Gasteiger partial charge in [0.15, 0.2) is 0 Å². The molecule has 364 valence electrons. The van der Waals surface area contributed by atoms with Crippen molar-refractivity contribution < 1.29 is 55.1 Å². The fraction of sp³-hybridized carbons (Fsp3) is 0.458. The third-order valence-corrected chi connectivity index (χ3v) is 13.5. The second kappa shape index (κ2) is 25.6. The standard InChI is InChI=1S/C24H31F2NO3S.C16H23BrFNO3S.C8H10BFO2/c1-8-30-21(28)13-20(27-31(29)24(5,6)7)19-12-17(9-16(4)23(19)26)22-14(2)10-18(25)11-15(22)3;1-6-22-14(20)9-13(19-23(21)16(3,4)5)12-8-11(17)7-10(2)15(12)18;1-5-3-7(10)4-6(2)8(5)9(11)12/h9-12,20,27H,8,13H2,1-7H3;7-8,13,19H,6,9H2,1-5H3;3-4,11-12H,1-2H3/t20-,31+;13-,23+;/m00./s1. The van der Waals surface area contributed by atoms with Crippen LogP contribution in [-0.4, -0.2) is 60.2 Å². The van der Waals surface area contributed by atoms with Crippen LogP contribution in [-0.2, 0) is 41.0 Å². The number of halogens is 5. The zero-order valence-electron chi connectivity index (χ0n) is 40.2. The number of rotatable bonds is 14. The van der Waals surface area contributed by atoms with Gasteiger partial charge in [0.05, 0.1) is 69.6 Å². The van der Waals surface area contributed by atoms with Crippen LogP contribution in [0.25, 0.3) is 11.1 Å². The largest absolute Gasteiger partial charge is 0.488 e. The molecule has 0 heterocycles. The lowest BCUT2D eigenvalue weighted by atomic mass is 9.74. The maximum Gasteiger partial charge on any atom is 0.488 e. The highest BCUT2D eigenvalue weighted by molar-refractivity contribution is 9.10. The third kappa shape index (κ3) is 17.4. The smallest absolute Gasteiger partial charge is 0.466 e. The zero-order chi connectivity index (χ0) is 50.6. The van der Waals surface area contributed by atoms with Gasteiger partial charge in [-0.2, -0.15) is 0 Å². The van der Waals surface area contributed by atoms with E-state index in [0.29, 0.717) is 43.3 Å². The average molecular weight is 1030 g/mol. The predicted octanol–water partition coefficient (Wildman–Crippen LogP) is 9.67. The van der Waals surface area contributed by atoms with Crippen molar-refractivity contribution in [3.63, 3.8) is 0 Å². The van der Waals surface area contributed by atoms with Crippen LogP contribution in [0.15, 0.2) is 53.0 Å². The molecule has 18 heteroatoms. The molecule has 4 aromatic carbocycles. The number of benzene rings is 4. The summed E-state index contributed by atoms with van der Waals surface area (Å²) >= 11 is 3.33. The number of carbonyl (C=O) groups is 2. The summed E-state index contributed by atoms with van der Waals surface area (Å²) in [6, 6.07) is 10.4. The molecule has 4 atom stereocenters. The van der Waals surface area contributed by atoms with Crippen LogP contribution in [0.2, 0.25) is 0 Å². The van der Waals surface area contributed by atoms with E-state index < -0.39 is 74.2 Å². The highest BCUT2D eigenvalue weighted by atomic mass is 79.9. The summed E-state index contributed by atoms with van der Waals surface area (Å²) in [7, 11) is -4.51. The Hall–Kier alpha value is -3.78. The molecule has 0 fully saturated rings. The Bertz CT molecular complexity index is 2350. The molecule has 0 aliphatic carbocycles. The average Bonchev–Trinajstić information content (AvgIpc) is 3.16. The van der Waals surface area contributed by atoms with E-state index in [0.717, 1.165) is 16.7 Å². The van der Waals surface area contributed by atoms with Gasteiger partial charge in [-0.05, 0) is 195 Å². The molecule has 4 N–H and O–H groups in total. The molecule has 0 saturated heterocycles. The molecule has 4 rings (SSSR count). The topological polar surface area (TPSA) is 151 Å². The van der Waals surface area contributed by atoms with Gasteiger partial charge in [-0.3, -0.25) is 9.59 Å². The number of esters is 2.